The minimum Gasteiger partial charge on any atom is -0.369 e. The molecule has 0 saturated carbocycles. The van der Waals surface area contributed by atoms with Gasteiger partial charge in [-0.05, 0) is 23.8 Å². The fraction of sp³-hybridized carbons (Fsp3) is 0.0909. The number of fused-ring (bicyclic) bond motifs is 1. The zero-order valence-electron chi connectivity index (χ0n) is 7.60. The van der Waals surface area contributed by atoms with Crippen LogP contribution in [0.15, 0.2) is 36.5 Å². The monoisotopic (exact) mass is 188 g/mol. The molecule has 0 aliphatic heterocycles. The standard InChI is InChI=1S/C11H10N2O.H2/c12-11(14)7-8-3-4-10-9(6-8)2-1-5-13-10;/h1-6H,7H2,(H2,12,14);1H. The Kier molecular flexibility index (Phi) is 2.14. The van der Waals surface area contributed by atoms with E-state index < -0.39 is 0 Å². The van der Waals surface area contributed by atoms with Crippen LogP contribution >= 0.6 is 0 Å². The first kappa shape index (κ1) is 8.69. The van der Waals surface area contributed by atoms with Crippen molar-refractivity contribution in [1.29, 1.82) is 0 Å². The summed E-state index contributed by atoms with van der Waals surface area (Å²) in [4.78, 5) is 14.9. The molecule has 2 N–H and O–H groups in total. The predicted octanol–water partition coefficient (Wildman–Crippen LogP) is 1.51. The number of amides is 1. The fourth-order valence-corrected chi connectivity index (χ4v) is 1.44. The van der Waals surface area contributed by atoms with Gasteiger partial charge in [-0.3, -0.25) is 9.78 Å². The van der Waals surface area contributed by atoms with Gasteiger partial charge in [0.15, 0.2) is 0 Å². The van der Waals surface area contributed by atoms with Crippen molar-refractivity contribution in [1.82, 2.24) is 4.98 Å². The second-order valence-electron chi connectivity index (χ2n) is 3.17. The van der Waals surface area contributed by atoms with Gasteiger partial charge in [0.1, 0.15) is 0 Å². The van der Waals surface area contributed by atoms with Gasteiger partial charge in [0, 0.05) is 13.0 Å². The van der Waals surface area contributed by atoms with E-state index in [9.17, 15) is 4.79 Å². The van der Waals surface area contributed by atoms with Gasteiger partial charge in [-0.1, -0.05) is 12.1 Å². The van der Waals surface area contributed by atoms with Crippen molar-refractivity contribution in [2.75, 3.05) is 0 Å². The van der Waals surface area contributed by atoms with E-state index in [1.807, 2.05) is 30.3 Å². The minimum absolute atomic E-state index is 0. The normalized spacial score (nSPS) is 10.3. The van der Waals surface area contributed by atoms with Crippen molar-refractivity contribution in [2.24, 2.45) is 5.73 Å². The minimum atomic E-state index is -0.312. The van der Waals surface area contributed by atoms with Crippen LogP contribution in [0.4, 0.5) is 0 Å². The lowest BCUT2D eigenvalue weighted by atomic mass is 10.1. The van der Waals surface area contributed by atoms with Crippen molar-refractivity contribution in [2.45, 2.75) is 6.42 Å². The molecule has 0 unspecified atom stereocenters. The average molecular weight is 188 g/mol. The largest absolute Gasteiger partial charge is 0.369 e. The van der Waals surface area contributed by atoms with Gasteiger partial charge in [0.25, 0.3) is 0 Å². The van der Waals surface area contributed by atoms with E-state index in [2.05, 4.69) is 4.98 Å². The predicted molar refractivity (Wildman–Crippen MR) is 56.8 cm³/mol. The highest BCUT2D eigenvalue weighted by atomic mass is 16.1. The molecular weight excluding hydrogens is 176 g/mol. The van der Waals surface area contributed by atoms with Crippen molar-refractivity contribution in [3.05, 3.63) is 42.1 Å². The summed E-state index contributed by atoms with van der Waals surface area (Å²) in [6, 6.07) is 9.55. The van der Waals surface area contributed by atoms with Crippen LogP contribution in [0.1, 0.15) is 6.99 Å². The number of aromatic nitrogens is 1. The lowest BCUT2D eigenvalue weighted by Crippen LogP contribution is -2.13. The van der Waals surface area contributed by atoms with Crippen LogP contribution in [0.25, 0.3) is 10.9 Å². The van der Waals surface area contributed by atoms with Crippen LogP contribution in [0, 0.1) is 0 Å². The summed E-state index contributed by atoms with van der Waals surface area (Å²) in [5.74, 6) is -0.312. The zero-order chi connectivity index (χ0) is 9.97. The van der Waals surface area contributed by atoms with Crippen LogP contribution in [0.3, 0.4) is 0 Å². The van der Waals surface area contributed by atoms with Crippen LogP contribution in [0.2, 0.25) is 0 Å². The maximum Gasteiger partial charge on any atom is 0.221 e. The molecule has 1 aromatic carbocycles. The lowest BCUT2D eigenvalue weighted by Gasteiger charge is -2.00. The Morgan fingerprint density at radius 2 is 2.29 bits per heavy atom. The Bertz CT molecular complexity index is 485. The van der Waals surface area contributed by atoms with Crippen molar-refractivity contribution in [3.8, 4) is 0 Å². The molecule has 0 aliphatic carbocycles. The summed E-state index contributed by atoms with van der Waals surface area (Å²) in [5.41, 5.74) is 6.97. The molecule has 2 aromatic rings. The molecular formula is C11H12N2O. The fourth-order valence-electron chi connectivity index (χ4n) is 1.44. The highest BCUT2D eigenvalue weighted by Crippen LogP contribution is 2.13. The smallest absolute Gasteiger partial charge is 0.221 e. The number of nitrogens with zero attached hydrogens (tertiary/aromatic N) is 1. The quantitative estimate of drug-likeness (QED) is 0.776. The molecule has 1 aromatic heterocycles. The summed E-state index contributed by atoms with van der Waals surface area (Å²) in [6.45, 7) is 0. The molecule has 0 aliphatic rings. The average Bonchev–Trinajstić information content (AvgIpc) is 2.17. The third kappa shape index (κ3) is 1.71. The molecule has 2 rings (SSSR count). The Labute approximate surface area is 83.0 Å². The molecule has 1 amide bonds. The molecule has 3 nitrogen and oxygen atoms in total. The van der Waals surface area contributed by atoms with Crippen molar-refractivity contribution >= 4 is 16.8 Å². The second-order valence-corrected chi connectivity index (χ2v) is 3.17. The topological polar surface area (TPSA) is 56.0 Å². The highest BCUT2D eigenvalue weighted by molar-refractivity contribution is 5.82. The van der Waals surface area contributed by atoms with E-state index in [4.69, 9.17) is 5.73 Å². The van der Waals surface area contributed by atoms with Gasteiger partial charge in [-0.25, -0.2) is 0 Å². The molecule has 1 heterocycles. The number of pyridine rings is 1. The molecule has 0 fully saturated rings. The number of hydrogen-bond acceptors (Lipinski definition) is 2. The molecule has 0 bridgehead atoms. The number of benzene rings is 1. The number of nitrogens with two attached hydrogens (primary N) is 1. The van der Waals surface area contributed by atoms with Gasteiger partial charge in [-0.15, -0.1) is 0 Å². The molecule has 0 spiro atoms. The van der Waals surface area contributed by atoms with E-state index in [-0.39, 0.29) is 13.8 Å². The van der Waals surface area contributed by atoms with Crippen molar-refractivity contribution < 1.29 is 6.22 Å². The third-order valence-electron chi connectivity index (χ3n) is 2.05. The SMILES string of the molecule is NC(=O)Cc1ccc2ncccc2c1.[HH]. The number of rotatable bonds is 2. The Morgan fingerprint density at radius 1 is 1.43 bits per heavy atom. The lowest BCUT2D eigenvalue weighted by molar-refractivity contribution is -0.117. The van der Waals surface area contributed by atoms with E-state index in [0.717, 1.165) is 16.5 Å². The number of carbonyl (C=O) groups is 1. The molecule has 0 atom stereocenters. The molecule has 72 valence electrons. The Hall–Kier alpha value is -1.90. The van der Waals surface area contributed by atoms with Crippen LogP contribution in [-0.2, 0) is 11.2 Å². The summed E-state index contributed by atoms with van der Waals surface area (Å²) in [7, 11) is 0. The Morgan fingerprint density at radius 3 is 3.07 bits per heavy atom. The summed E-state index contributed by atoms with van der Waals surface area (Å²) >= 11 is 0. The van der Waals surface area contributed by atoms with Crippen LogP contribution in [0.5, 0.6) is 0 Å². The van der Waals surface area contributed by atoms with Gasteiger partial charge < -0.3 is 5.73 Å². The van der Waals surface area contributed by atoms with Crippen LogP contribution < -0.4 is 5.73 Å². The summed E-state index contributed by atoms with van der Waals surface area (Å²) in [5, 5.41) is 1.03. The zero-order valence-corrected chi connectivity index (χ0v) is 7.60. The first-order valence-electron chi connectivity index (χ1n) is 4.38. The van der Waals surface area contributed by atoms with E-state index in [1.165, 1.54) is 0 Å². The summed E-state index contributed by atoms with van der Waals surface area (Å²) in [6.07, 6.45) is 2.03. The maximum atomic E-state index is 10.7. The molecule has 14 heavy (non-hydrogen) atoms. The first-order valence-corrected chi connectivity index (χ1v) is 4.38. The number of hydrogen-bond donors (Lipinski definition) is 1. The molecule has 3 heteroatoms. The maximum absolute atomic E-state index is 10.7. The van der Waals surface area contributed by atoms with Gasteiger partial charge in [0.05, 0.1) is 11.9 Å². The second kappa shape index (κ2) is 3.46. The molecule has 0 radical (unpaired) electrons. The Balaban J connectivity index is 0.00000112. The van der Waals surface area contributed by atoms with E-state index in [0.29, 0.717) is 0 Å². The van der Waals surface area contributed by atoms with E-state index >= 15 is 0 Å². The summed E-state index contributed by atoms with van der Waals surface area (Å²) < 4.78 is 0. The highest BCUT2D eigenvalue weighted by Gasteiger charge is 1.99. The van der Waals surface area contributed by atoms with E-state index in [1.54, 1.807) is 6.20 Å². The van der Waals surface area contributed by atoms with Gasteiger partial charge in [-0.2, -0.15) is 0 Å². The number of primary amides is 1. The van der Waals surface area contributed by atoms with Crippen molar-refractivity contribution in [3.63, 3.8) is 0 Å². The molecule has 0 saturated heterocycles. The third-order valence-corrected chi connectivity index (χ3v) is 2.05. The number of carbonyl (C=O) groups excluding carboxylic acids is 1. The first-order chi connectivity index (χ1) is 6.75. The van der Waals surface area contributed by atoms with Gasteiger partial charge in [0.2, 0.25) is 5.91 Å². The van der Waals surface area contributed by atoms with Gasteiger partial charge >= 0.3 is 0 Å². The van der Waals surface area contributed by atoms with Crippen LogP contribution in [-0.4, -0.2) is 10.9 Å².